The molecule has 2 aromatic heterocycles. The predicted molar refractivity (Wildman–Crippen MR) is 104 cm³/mol. The number of rotatable bonds is 8. The normalized spacial score (nSPS) is 10.6. The van der Waals surface area contributed by atoms with Crippen molar-refractivity contribution >= 4 is 17.7 Å². The van der Waals surface area contributed by atoms with Crippen molar-refractivity contribution in [1.82, 2.24) is 25.1 Å². The molecule has 9 heteroatoms. The zero-order chi connectivity index (χ0) is 19.9. The van der Waals surface area contributed by atoms with E-state index in [1.807, 2.05) is 32.0 Å². The fraction of sp³-hybridized carbons (Fsp3) is 0.316. The molecule has 0 aliphatic carbocycles. The molecule has 0 saturated carbocycles. The first-order valence-corrected chi connectivity index (χ1v) is 9.73. The smallest absolute Gasteiger partial charge is 0.233 e. The van der Waals surface area contributed by atoms with Crippen molar-refractivity contribution in [3.63, 3.8) is 0 Å². The van der Waals surface area contributed by atoms with Crippen molar-refractivity contribution in [1.29, 1.82) is 5.26 Å². The Labute approximate surface area is 167 Å². The Balaban J connectivity index is 1.72. The number of amides is 1. The van der Waals surface area contributed by atoms with Crippen LogP contribution in [0.25, 0.3) is 5.69 Å². The fourth-order valence-electron chi connectivity index (χ4n) is 2.83. The van der Waals surface area contributed by atoms with Gasteiger partial charge in [0.2, 0.25) is 11.1 Å². The minimum absolute atomic E-state index is 0.104. The molecule has 0 unspecified atom stereocenters. The standard InChI is InChI=1S/C19H20N6O2S/c1-14-6-3-7-15(2)18(14)25-19(21-22-23-25)28-13-17(26)24(10-5-9-20)12-16-8-4-11-27-16/h3-4,6-8,11H,5,10,12-13H2,1-2H3. The Kier molecular flexibility index (Phi) is 6.45. The van der Waals surface area contributed by atoms with Gasteiger partial charge >= 0.3 is 0 Å². The molecule has 0 spiro atoms. The number of hydrogen-bond acceptors (Lipinski definition) is 7. The summed E-state index contributed by atoms with van der Waals surface area (Å²) in [7, 11) is 0. The topological polar surface area (TPSA) is 101 Å². The third-order valence-corrected chi connectivity index (χ3v) is 5.09. The highest BCUT2D eigenvalue weighted by atomic mass is 32.2. The van der Waals surface area contributed by atoms with E-state index in [0.29, 0.717) is 24.0 Å². The summed E-state index contributed by atoms with van der Waals surface area (Å²) >= 11 is 1.27. The van der Waals surface area contributed by atoms with E-state index in [4.69, 9.17) is 9.68 Å². The highest BCUT2D eigenvalue weighted by molar-refractivity contribution is 7.99. The summed E-state index contributed by atoms with van der Waals surface area (Å²) in [6.45, 7) is 4.67. The minimum Gasteiger partial charge on any atom is -0.467 e. The summed E-state index contributed by atoms with van der Waals surface area (Å²) in [6, 6.07) is 11.6. The van der Waals surface area contributed by atoms with E-state index in [0.717, 1.165) is 16.8 Å². The third kappa shape index (κ3) is 4.58. The average molecular weight is 396 g/mol. The Morgan fingerprint density at radius 2 is 2.07 bits per heavy atom. The average Bonchev–Trinajstić information content (AvgIpc) is 3.35. The molecule has 8 nitrogen and oxygen atoms in total. The van der Waals surface area contributed by atoms with Gasteiger partial charge in [0, 0.05) is 6.54 Å². The molecule has 1 amide bonds. The highest BCUT2D eigenvalue weighted by Gasteiger charge is 2.19. The number of benzene rings is 1. The molecule has 0 fully saturated rings. The van der Waals surface area contributed by atoms with Gasteiger partial charge in [-0.05, 0) is 47.5 Å². The van der Waals surface area contributed by atoms with Crippen molar-refractivity contribution in [3.8, 4) is 11.8 Å². The maximum absolute atomic E-state index is 12.7. The Bertz CT molecular complexity index is 956. The highest BCUT2D eigenvalue weighted by Crippen LogP contribution is 2.23. The van der Waals surface area contributed by atoms with Gasteiger partial charge in [-0.3, -0.25) is 4.79 Å². The first-order chi connectivity index (χ1) is 13.6. The van der Waals surface area contributed by atoms with Crippen LogP contribution in [0.3, 0.4) is 0 Å². The van der Waals surface area contributed by atoms with Crippen LogP contribution in [0.4, 0.5) is 0 Å². The van der Waals surface area contributed by atoms with Crippen molar-refractivity contribution < 1.29 is 9.21 Å². The predicted octanol–water partition coefficient (Wildman–Crippen LogP) is 2.91. The molecular formula is C19H20N6O2S. The van der Waals surface area contributed by atoms with Crippen LogP contribution in [-0.4, -0.2) is 43.3 Å². The zero-order valence-electron chi connectivity index (χ0n) is 15.7. The van der Waals surface area contributed by atoms with Crippen LogP contribution in [0.2, 0.25) is 0 Å². The Hall–Kier alpha value is -3.12. The molecule has 0 atom stereocenters. The quantitative estimate of drug-likeness (QED) is 0.540. The van der Waals surface area contributed by atoms with Crippen molar-refractivity contribution in [2.24, 2.45) is 0 Å². The van der Waals surface area contributed by atoms with Crippen LogP contribution in [0.1, 0.15) is 23.3 Å². The summed E-state index contributed by atoms with van der Waals surface area (Å²) in [6.07, 6.45) is 1.83. The van der Waals surface area contributed by atoms with Crippen molar-refractivity contribution in [2.75, 3.05) is 12.3 Å². The lowest BCUT2D eigenvalue weighted by Crippen LogP contribution is -2.32. The Morgan fingerprint density at radius 1 is 1.29 bits per heavy atom. The summed E-state index contributed by atoms with van der Waals surface area (Å²) in [5.74, 6) is 0.738. The number of nitrogens with zero attached hydrogens (tertiary/aromatic N) is 6. The maximum Gasteiger partial charge on any atom is 0.233 e. The molecule has 0 aliphatic rings. The Morgan fingerprint density at radius 3 is 2.75 bits per heavy atom. The number of thioether (sulfide) groups is 1. The van der Waals surface area contributed by atoms with Gasteiger partial charge in [-0.2, -0.15) is 9.94 Å². The minimum atomic E-state index is -0.104. The number of hydrogen-bond donors (Lipinski definition) is 0. The lowest BCUT2D eigenvalue weighted by Gasteiger charge is -2.20. The van der Waals surface area contributed by atoms with Gasteiger partial charge < -0.3 is 9.32 Å². The summed E-state index contributed by atoms with van der Waals surface area (Å²) in [5, 5.41) is 21.3. The van der Waals surface area contributed by atoms with Crippen LogP contribution in [0.15, 0.2) is 46.2 Å². The first-order valence-electron chi connectivity index (χ1n) is 8.75. The van der Waals surface area contributed by atoms with E-state index in [-0.39, 0.29) is 18.1 Å². The van der Waals surface area contributed by atoms with Crippen molar-refractivity contribution in [3.05, 3.63) is 53.5 Å². The summed E-state index contributed by atoms with van der Waals surface area (Å²) in [5.41, 5.74) is 3.02. The van der Waals surface area contributed by atoms with Crippen molar-refractivity contribution in [2.45, 2.75) is 32.0 Å². The van der Waals surface area contributed by atoms with E-state index >= 15 is 0 Å². The van der Waals surface area contributed by atoms with Gasteiger partial charge in [-0.1, -0.05) is 30.0 Å². The number of carbonyl (C=O) groups excluding carboxylic acids is 1. The maximum atomic E-state index is 12.7. The van der Waals surface area contributed by atoms with Gasteiger partial charge in [0.25, 0.3) is 0 Å². The first kappa shape index (κ1) is 19.6. The van der Waals surface area contributed by atoms with Gasteiger partial charge in [0.05, 0.1) is 36.7 Å². The van der Waals surface area contributed by atoms with Gasteiger partial charge in [-0.15, -0.1) is 5.10 Å². The molecule has 0 radical (unpaired) electrons. The summed E-state index contributed by atoms with van der Waals surface area (Å²) in [4.78, 5) is 14.3. The summed E-state index contributed by atoms with van der Waals surface area (Å²) < 4.78 is 6.99. The number of aromatic nitrogens is 4. The number of carbonyl (C=O) groups is 1. The van der Waals surface area contributed by atoms with E-state index in [1.54, 1.807) is 28.0 Å². The fourth-order valence-corrected chi connectivity index (χ4v) is 3.61. The number of tetrazole rings is 1. The molecule has 3 aromatic rings. The number of aryl methyl sites for hydroxylation is 2. The molecule has 1 aromatic carbocycles. The van der Waals surface area contributed by atoms with E-state index in [9.17, 15) is 4.79 Å². The molecule has 3 rings (SSSR count). The SMILES string of the molecule is Cc1cccc(C)c1-n1nnnc1SCC(=O)N(CCC#N)Cc1ccco1. The number of para-hydroxylation sites is 1. The molecule has 28 heavy (non-hydrogen) atoms. The van der Waals surface area contributed by atoms with E-state index in [2.05, 4.69) is 21.6 Å². The van der Waals surface area contributed by atoms with Gasteiger partial charge in [0.15, 0.2) is 0 Å². The van der Waals surface area contributed by atoms with Crippen LogP contribution in [0.5, 0.6) is 0 Å². The van der Waals surface area contributed by atoms with Crippen LogP contribution in [-0.2, 0) is 11.3 Å². The molecule has 2 heterocycles. The van der Waals surface area contributed by atoms with Crippen LogP contribution >= 0.6 is 11.8 Å². The lowest BCUT2D eigenvalue weighted by atomic mass is 10.1. The monoisotopic (exact) mass is 396 g/mol. The molecule has 0 N–H and O–H groups in total. The van der Waals surface area contributed by atoms with Crippen LogP contribution < -0.4 is 0 Å². The third-order valence-electron chi connectivity index (χ3n) is 4.19. The molecule has 0 bridgehead atoms. The molecular weight excluding hydrogens is 376 g/mol. The second-order valence-corrected chi connectivity index (χ2v) is 7.15. The second-order valence-electron chi connectivity index (χ2n) is 6.21. The van der Waals surface area contributed by atoms with Crippen LogP contribution in [0, 0.1) is 25.2 Å². The van der Waals surface area contributed by atoms with E-state index < -0.39 is 0 Å². The second kappa shape index (κ2) is 9.19. The number of furan rings is 1. The zero-order valence-corrected chi connectivity index (χ0v) is 16.5. The largest absolute Gasteiger partial charge is 0.467 e. The number of nitriles is 1. The molecule has 0 aliphatic heterocycles. The molecule has 144 valence electrons. The lowest BCUT2D eigenvalue weighted by molar-refractivity contribution is -0.129. The van der Waals surface area contributed by atoms with E-state index in [1.165, 1.54) is 11.8 Å². The molecule has 0 saturated heterocycles. The van der Waals surface area contributed by atoms with Gasteiger partial charge in [0.1, 0.15) is 5.76 Å². The van der Waals surface area contributed by atoms with Gasteiger partial charge in [-0.25, -0.2) is 0 Å².